The molecule has 0 aliphatic heterocycles. The van der Waals surface area contributed by atoms with E-state index in [1.807, 2.05) is 19.1 Å². The number of hydrogen-bond donors (Lipinski definition) is 0. The van der Waals surface area contributed by atoms with Crippen molar-refractivity contribution < 1.29 is 18.3 Å². The molecule has 0 aliphatic carbocycles. The highest BCUT2D eigenvalue weighted by Crippen LogP contribution is 2.24. The van der Waals surface area contributed by atoms with E-state index in [-0.39, 0.29) is 18.1 Å². The third-order valence-electron chi connectivity index (χ3n) is 4.79. The third-order valence-corrected chi connectivity index (χ3v) is 4.79. The fourth-order valence-electron chi connectivity index (χ4n) is 3.16. The standard InChI is InChI=1S/C22H24FNO3/c1-4-15-6-8-18-17(14-27-21(18)11-15)12-22(25)24(5-2)13-16-7-9-20(26-3)19(23)10-16/h6-11,14H,4-5,12-13H2,1-3H3. The van der Waals surface area contributed by atoms with Crippen LogP contribution >= 0.6 is 0 Å². The summed E-state index contributed by atoms with van der Waals surface area (Å²) in [4.78, 5) is 14.5. The number of likely N-dealkylation sites (N-methyl/N-ethyl adjacent to an activating group) is 1. The van der Waals surface area contributed by atoms with Crippen LogP contribution in [0.25, 0.3) is 11.0 Å². The number of halogens is 1. The number of nitrogens with zero attached hydrogens (tertiary/aromatic N) is 1. The summed E-state index contributed by atoms with van der Waals surface area (Å²) in [7, 11) is 1.43. The molecule has 0 saturated carbocycles. The van der Waals surface area contributed by atoms with Gasteiger partial charge >= 0.3 is 0 Å². The summed E-state index contributed by atoms with van der Waals surface area (Å²) in [5, 5.41) is 0.965. The van der Waals surface area contributed by atoms with Crippen molar-refractivity contribution in [2.45, 2.75) is 33.2 Å². The first kappa shape index (κ1) is 19.0. The minimum atomic E-state index is -0.425. The van der Waals surface area contributed by atoms with Crippen LogP contribution in [0.3, 0.4) is 0 Å². The lowest BCUT2D eigenvalue weighted by Crippen LogP contribution is -2.31. The van der Waals surface area contributed by atoms with Gasteiger partial charge in [0.15, 0.2) is 11.6 Å². The maximum atomic E-state index is 13.9. The predicted molar refractivity (Wildman–Crippen MR) is 103 cm³/mol. The van der Waals surface area contributed by atoms with Gasteiger partial charge in [-0.3, -0.25) is 4.79 Å². The van der Waals surface area contributed by atoms with Gasteiger partial charge in [0.1, 0.15) is 5.58 Å². The Kier molecular flexibility index (Phi) is 5.79. The fraction of sp³-hybridized carbons (Fsp3) is 0.318. The first-order valence-corrected chi connectivity index (χ1v) is 9.14. The highest BCUT2D eigenvalue weighted by Gasteiger charge is 2.17. The molecule has 0 spiro atoms. The lowest BCUT2D eigenvalue weighted by atomic mass is 10.1. The van der Waals surface area contributed by atoms with Crippen molar-refractivity contribution >= 4 is 16.9 Å². The van der Waals surface area contributed by atoms with Crippen molar-refractivity contribution in [1.29, 1.82) is 0 Å². The number of rotatable bonds is 7. The number of carbonyl (C=O) groups excluding carboxylic acids is 1. The summed E-state index contributed by atoms with van der Waals surface area (Å²) < 4.78 is 24.5. The molecule has 3 aromatic rings. The van der Waals surface area contributed by atoms with Gasteiger partial charge in [0, 0.05) is 24.0 Å². The summed E-state index contributed by atoms with van der Waals surface area (Å²) in [5.41, 5.74) is 3.61. The quantitative estimate of drug-likeness (QED) is 0.604. The van der Waals surface area contributed by atoms with Gasteiger partial charge in [-0.1, -0.05) is 25.1 Å². The highest BCUT2D eigenvalue weighted by molar-refractivity contribution is 5.88. The topological polar surface area (TPSA) is 42.7 Å². The smallest absolute Gasteiger partial charge is 0.227 e. The molecule has 1 amide bonds. The normalized spacial score (nSPS) is 11.0. The molecule has 1 aromatic heterocycles. The molecule has 0 bridgehead atoms. The van der Waals surface area contributed by atoms with Gasteiger partial charge < -0.3 is 14.1 Å². The minimum Gasteiger partial charge on any atom is -0.494 e. The van der Waals surface area contributed by atoms with Crippen molar-refractivity contribution in [3.8, 4) is 5.75 Å². The Balaban J connectivity index is 1.74. The number of hydrogen-bond acceptors (Lipinski definition) is 3. The Morgan fingerprint density at radius 1 is 1.15 bits per heavy atom. The largest absolute Gasteiger partial charge is 0.494 e. The number of carbonyl (C=O) groups is 1. The van der Waals surface area contributed by atoms with Crippen LogP contribution in [-0.2, 0) is 24.2 Å². The van der Waals surface area contributed by atoms with E-state index >= 15 is 0 Å². The third kappa shape index (κ3) is 4.13. The molecular formula is C22H24FNO3. The number of furan rings is 1. The van der Waals surface area contributed by atoms with Gasteiger partial charge in [-0.25, -0.2) is 4.39 Å². The summed E-state index contributed by atoms with van der Waals surface area (Å²) >= 11 is 0. The molecule has 142 valence electrons. The van der Waals surface area contributed by atoms with Crippen LogP contribution < -0.4 is 4.74 Å². The maximum Gasteiger partial charge on any atom is 0.227 e. The van der Waals surface area contributed by atoms with E-state index in [1.165, 1.54) is 18.7 Å². The maximum absolute atomic E-state index is 13.9. The number of benzene rings is 2. The monoisotopic (exact) mass is 369 g/mol. The van der Waals surface area contributed by atoms with E-state index in [2.05, 4.69) is 13.0 Å². The van der Waals surface area contributed by atoms with Crippen LogP contribution in [0.2, 0.25) is 0 Å². The summed E-state index contributed by atoms with van der Waals surface area (Å²) in [5.74, 6) is -0.244. The Morgan fingerprint density at radius 2 is 1.93 bits per heavy atom. The SMILES string of the molecule is CCc1ccc2c(CC(=O)N(CC)Cc3ccc(OC)c(F)c3)coc2c1. The van der Waals surface area contributed by atoms with Gasteiger partial charge in [0.25, 0.3) is 0 Å². The molecule has 3 rings (SSSR count). The van der Waals surface area contributed by atoms with Crippen molar-refractivity contribution in [3.63, 3.8) is 0 Å². The van der Waals surface area contributed by atoms with Gasteiger partial charge in [-0.2, -0.15) is 0 Å². The average molecular weight is 369 g/mol. The molecule has 0 radical (unpaired) electrons. The zero-order valence-electron chi connectivity index (χ0n) is 15.9. The van der Waals surface area contributed by atoms with E-state index in [4.69, 9.17) is 9.15 Å². The van der Waals surface area contributed by atoms with E-state index < -0.39 is 5.82 Å². The first-order chi connectivity index (χ1) is 13.0. The van der Waals surface area contributed by atoms with Crippen LogP contribution in [0.4, 0.5) is 4.39 Å². The molecule has 27 heavy (non-hydrogen) atoms. The number of aryl methyl sites for hydroxylation is 1. The van der Waals surface area contributed by atoms with Gasteiger partial charge in [-0.15, -0.1) is 0 Å². The lowest BCUT2D eigenvalue weighted by Gasteiger charge is -2.21. The number of ether oxygens (including phenoxy) is 1. The molecule has 0 atom stereocenters. The van der Waals surface area contributed by atoms with Crippen LogP contribution in [0.15, 0.2) is 47.1 Å². The predicted octanol–water partition coefficient (Wildman–Crippen LogP) is 4.73. The van der Waals surface area contributed by atoms with E-state index in [0.717, 1.165) is 28.5 Å². The van der Waals surface area contributed by atoms with Crippen LogP contribution in [-0.4, -0.2) is 24.5 Å². The Hall–Kier alpha value is -2.82. The average Bonchev–Trinajstić information content (AvgIpc) is 3.08. The van der Waals surface area contributed by atoms with Crippen LogP contribution in [0.1, 0.15) is 30.5 Å². The number of methoxy groups -OCH3 is 1. The highest BCUT2D eigenvalue weighted by atomic mass is 19.1. The molecule has 0 unspecified atom stereocenters. The summed E-state index contributed by atoms with van der Waals surface area (Å²) in [6, 6.07) is 10.9. The van der Waals surface area contributed by atoms with Crippen LogP contribution in [0, 0.1) is 5.82 Å². The second-order valence-corrected chi connectivity index (χ2v) is 6.50. The molecule has 1 heterocycles. The van der Waals surface area contributed by atoms with Crippen molar-refractivity contribution in [3.05, 3.63) is 65.2 Å². The Morgan fingerprint density at radius 3 is 2.59 bits per heavy atom. The molecule has 0 aliphatic rings. The van der Waals surface area contributed by atoms with E-state index in [0.29, 0.717) is 13.1 Å². The summed E-state index contributed by atoms with van der Waals surface area (Å²) in [6.07, 6.45) is 2.85. The second kappa shape index (κ2) is 8.25. The number of amides is 1. The molecule has 0 fully saturated rings. The molecule has 2 aromatic carbocycles. The molecule has 0 saturated heterocycles. The van der Waals surface area contributed by atoms with Gasteiger partial charge in [-0.05, 0) is 42.7 Å². The zero-order chi connectivity index (χ0) is 19.4. The Labute approximate surface area is 158 Å². The van der Waals surface area contributed by atoms with Gasteiger partial charge in [0.05, 0.1) is 19.8 Å². The van der Waals surface area contributed by atoms with Crippen LogP contribution in [0.5, 0.6) is 5.75 Å². The molecule has 4 nitrogen and oxygen atoms in total. The van der Waals surface area contributed by atoms with E-state index in [9.17, 15) is 9.18 Å². The van der Waals surface area contributed by atoms with Gasteiger partial charge in [0.2, 0.25) is 5.91 Å². The second-order valence-electron chi connectivity index (χ2n) is 6.50. The first-order valence-electron chi connectivity index (χ1n) is 9.14. The van der Waals surface area contributed by atoms with Crippen molar-refractivity contribution in [1.82, 2.24) is 4.90 Å². The molecule has 5 heteroatoms. The van der Waals surface area contributed by atoms with E-state index in [1.54, 1.807) is 23.3 Å². The molecule has 0 N–H and O–H groups in total. The minimum absolute atomic E-state index is 0.0176. The summed E-state index contributed by atoms with van der Waals surface area (Å²) in [6.45, 7) is 4.91. The number of fused-ring (bicyclic) bond motifs is 1. The van der Waals surface area contributed by atoms with Crippen molar-refractivity contribution in [2.75, 3.05) is 13.7 Å². The Bertz CT molecular complexity index is 948. The fourth-order valence-corrected chi connectivity index (χ4v) is 3.16. The van der Waals surface area contributed by atoms with Crippen molar-refractivity contribution in [2.24, 2.45) is 0 Å². The zero-order valence-corrected chi connectivity index (χ0v) is 15.9. The lowest BCUT2D eigenvalue weighted by molar-refractivity contribution is -0.130. The molecular weight excluding hydrogens is 345 g/mol.